The zero-order chi connectivity index (χ0) is 31.9. The maximum Gasteiger partial charge on any atom is 0.319 e. The molecule has 1 unspecified atom stereocenters. The molecule has 0 saturated carbocycles. The number of hydrogen-bond donors (Lipinski definition) is 1. The van der Waals surface area contributed by atoms with Crippen LogP contribution in [0.15, 0.2) is 12.1 Å². The molecule has 4 aliphatic heterocycles. The summed E-state index contributed by atoms with van der Waals surface area (Å²) in [6, 6.07) is 4.70. The van der Waals surface area contributed by atoms with Crippen molar-refractivity contribution < 1.29 is 22.6 Å². The zero-order valence-electron chi connectivity index (χ0n) is 25.1. The van der Waals surface area contributed by atoms with E-state index in [2.05, 4.69) is 26.7 Å². The second-order valence-corrected chi connectivity index (χ2v) is 14.2. The molecule has 6 heterocycles. The fraction of sp³-hybridized carbons (Fsp3) is 0.469. The average molecular weight is 670 g/mol. The van der Waals surface area contributed by atoms with Gasteiger partial charge < -0.3 is 25.0 Å². The van der Waals surface area contributed by atoms with Gasteiger partial charge in [-0.1, -0.05) is 17.7 Å². The van der Waals surface area contributed by atoms with E-state index in [0.717, 1.165) is 50.2 Å². The fourth-order valence-corrected chi connectivity index (χ4v) is 9.19. The monoisotopic (exact) mass is 669 g/mol. The van der Waals surface area contributed by atoms with E-state index in [4.69, 9.17) is 31.8 Å². The lowest BCUT2D eigenvalue weighted by atomic mass is 9.95. The first-order chi connectivity index (χ1) is 22.2. The van der Waals surface area contributed by atoms with Crippen LogP contribution in [0.3, 0.4) is 0 Å². The Bertz CT molecular complexity index is 1950. The van der Waals surface area contributed by atoms with Gasteiger partial charge in [-0.05, 0) is 51.0 Å². The number of likely N-dealkylation sites (N-methyl/N-ethyl adjacent to an activating group) is 1. The lowest BCUT2D eigenvalue weighted by molar-refractivity contribution is 0.107. The molecule has 4 aromatic rings. The van der Waals surface area contributed by atoms with Gasteiger partial charge in [0, 0.05) is 36.5 Å². The van der Waals surface area contributed by atoms with Crippen molar-refractivity contribution in [2.45, 2.75) is 43.4 Å². The highest BCUT2D eigenvalue weighted by Gasteiger charge is 2.49. The van der Waals surface area contributed by atoms with Crippen molar-refractivity contribution in [1.82, 2.24) is 19.8 Å². The molecule has 0 aliphatic carbocycles. The molecule has 4 aliphatic rings. The molecule has 9 nitrogen and oxygen atoms in total. The number of aromatic nitrogens is 2. The molecule has 8 rings (SSSR count). The van der Waals surface area contributed by atoms with Gasteiger partial charge in [-0.2, -0.15) is 15.2 Å². The number of ether oxygens (including phenoxy) is 2. The van der Waals surface area contributed by atoms with E-state index in [9.17, 15) is 14.0 Å². The van der Waals surface area contributed by atoms with Gasteiger partial charge in [-0.3, -0.25) is 4.90 Å². The second kappa shape index (κ2) is 11.0. The number of thiophene rings is 1. The van der Waals surface area contributed by atoms with E-state index in [0.29, 0.717) is 30.7 Å². The number of rotatable bonds is 5. The molecule has 0 spiro atoms. The largest absolute Gasteiger partial charge is 0.489 e. The molecule has 240 valence electrons. The molecule has 3 atom stereocenters. The highest BCUT2D eigenvalue weighted by molar-refractivity contribution is 7.23. The van der Waals surface area contributed by atoms with E-state index in [1.807, 2.05) is 6.07 Å². The Hall–Kier alpha value is -3.57. The Labute approximate surface area is 272 Å². The van der Waals surface area contributed by atoms with Gasteiger partial charge in [0.05, 0.1) is 32.8 Å². The van der Waals surface area contributed by atoms with Crippen LogP contribution in [0.4, 0.5) is 24.0 Å². The number of nitrogens with zero attached hydrogens (tertiary/aromatic N) is 6. The van der Waals surface area contributed by atoms with Crippen LogP contribution in [0.1, 0.15) is 31.2 Å². The summed E-state index contributed by atoms with van der Waals surface area (Å²) in [4.78, 5) is 15.9. The third kappa shape index (κ3) is 4.48. The van der Waals surface area contributed by atoms with Gasteiger partial charge in [0.2, 0.25) is 0 Å². The number of likely N-dealkylation sites (tertiary alicyclic amines) is 1. The van der Waals surface area contributed by atoms with E-state index in [1.54, 1.807) is 0 Å². The molecular weight excluding hydrogens is 639 g/mol. The number of hydrogen-bond acceptors (Lipinski definition) is 10. The van der Waals surface area contributed by atoms with Crippen molar-refractivity contribution in [2.24, 2.45) is 0 Å². The Kier molecular flexibility index (Phi) is 7.13. The van der Waals surface area contributed by atoms with Crippen molar-refractivity contribution in [3.05, 3.63) is 34.4 Å². The van der Waals surface area contributed by atoms with Gasteiger partial charge in [-0.15, -0.1) is 11.3 Å². The first kappa shape index (κ1) is 29.8. The number of fused-ring (bicyclic) bond motifs is 2. The first-order valence-corrected chi connectivity index (χ1v) is 16.6. The predicted octanol–water partition coefficient (Wildman–Crippen LogP) is 5.76. The molecule has 2 aromatic heterocycles. The molecule has 2 N–H and O–H groups in total. The lowest BCUT2D eigenvalue weighted by Crippen LogP contribution is -2.43. The highest BCUT2D eigenvalue weighted by Crippen LogP contribution is 2.51. The van der Waals surface area contributed by atoms with E-state index < -0.39 is 23.3 Å². The van der Waals surface area contributed by atoms with Crippen molar-refractivity contribution in [3.63, 3.8) is 0 Å². The van der Waals surface area contributed by atoms with Crippen LogP contribution < -0.4 is 20.1 Å². The third-order valence-corrected chi connectivity index (χ3v) is 11.4. The van der Waals surface area contributed by atoms with Gasteiger partial charge in [-0.25, -0.2) is 13.2 Å². The van der Waals surface area contributed by atoms with Crippen molar-refractivity contribution in [3.8, 4) is 29.0 Å². The topological polar surface area (TPSA) is 104 Å². The molecule has 0 amide bonds. The Balaban J connectivity index is 1.34. The number of nitrogens with two attached hydrogens (primary N) is 1. The molecule has 0 bridgehead atoms. The first-order valence-electron chi connectivity index (χ1n) is 15.4. The molecule has 14 heteroatoms. The number of benzene rings is 2. The zero-order valence-corrected chi connectivity index (χ0v) is 26.7. The summed E-state index contributed by atoms with van der Waals surface area (Å²) in [7, 11) is 2.05. The predicted molar refractivity (Wildman–Crippen MR) is 172 cm³/mol. The average Bonchev–Trinajstić information content (AvgIpc) is 3.76. The van der Waals surface area contributed by atoms with Crippen LogP contribution in [-0.2, 0) is 0 Å². The van der Waals surface area contributed by atoms with Crippen LogP contribution in [0.2, 0.25) is 5.02 Å². The van der Waals surface area contributed by atoms with Crippen LogP contribution in [0.25, 0.3) is 32.1 Å². The summed E-state index contributed by atoms with van der Waals surface area (Å²) >= 11 is 7.94. The summed E-state index contributed by atoms with van der Waals surface area (Å²) in [5.74, 6) is -0.696. The maximum absolute atomic E-state index is 17.1. The number of anilines is 2. The SMILES string of the molecule is CN1CCC(N2CCOc3c(Cl)c(-c4ccc(F)c5sc(N)c(C#N)c45)c(F)c4nc(OC[C@@]56CCCN5C[C@H](F)C6)nc2c34)C1. The van der Waals surface area contributed by atoms with Crippen LogP contribution in [0.5, 0.6) is 11.8 Å². The molecule has 0 radical (unpaired) electrons. The fourth-order valence-electron chi connectivity index (χ4n) is 7.91. The van der Waals surface area contributed by atoms with Crippen LogP contribution in [0, 0.1) is 23.0 Å². The van der Waals surface area contributed by atoms with Crippen LogP contribution >= 0.6 is 22.9 Å². The minimum absolute atomic E-state index is 0.0239. The van der Waals surface area contributed by atoms with E-state index in [1.165, 1.54) is 12.1 Å². The maximum atomic E-state index is 17.1. The minimum Gasteiger partial charge on any atom is -0.489 e. The quantitative estimate of drug-likeness (QED) is 0.284. The van der Waals surface area contributed by atoms with Crippen LogP contribution in [-0.4, -0.2) is 90.5 Å². The lowest BCUT2D eigenvalue weighted by Gasteiger charge is -2.31. The van der Waals surface area contributed by atoms with Gasteiger partial charge in [0.25, 0.3) is 0 Å². The molecule has 2 aromatic carbocycles. The number of nitrogen functional groups attached to an aromatic ring is 1. The number of nitriles is 1. The number of halogens is 4. The third-order valence-electron chi connectivity index (χ3n) is 10.0. The molecule has 3 saturated heterocycles. The van der Waals surface area contributed by atoms with Gasteiger partial charge in [0.15, 0.2) is 11.6 Å². The van der Waals surface area contributed by atoms with E-state index >= 15 is 4.39 Å². The standard InChI is InChI=1S/C32H31ClF3N7O2S/c1-41-8-5-17(14-41)43-9-10-44-27-23-26(39-31(40-30(23)43)45-15-32-6-2-7-42(32)13-16(34)11-32)25(36)22(24(27)33)18-3-4-20(35)28-21(18)19(12-37)29(38)46-28/h3-4,16-17H,2,5-11,13-15,38H2,1H3/t16-,17?,32+/m1/s1. The summed E-state index contributed by atoms with van der Waals surface area (Å²) in [5.41, 5.74) is 5.74. The summed E-state index contributed by atoms with van der Waals surface area (Å²) in [6.45, 7) is 3.74. The molecule has 46 heavy (non-hydrogen) atoms. The highest BCUT2D eigenvalue weighted by atomic mass is 35.5. The smallest absolute Gasteiger partial charge is 0.319 e. The molecular formula is C32H31ClF3N7O2S. The van der Waals surface area contributed by atoms with Crippen molar-refractivity contribution >= 4 is 54.7 Å². The van der Waals surface area contributed by atoms with Gasteiger partial charge >= 0.3 is 6.01 Å². The Morgan fingerprint density at radius 3 is 2.85 bits per heavy atom. The Morgan fingerprint density at radius 1 is 1.22 bits per heavy atom. The van der Waals surface area contributed by atoms with Crippen molar-refractivity contribution in [1.29, 1.82) is 5.26 Å². The Morgan fingerprint density at radius 2 is 2.07 bits per heavy atom. The second-order valence-electron chi connectivity index (χ2n) is 12.7. The van der Waals surface area contributed by atoms with Crippen molar-refractivity contribution in [2.75, 3.05) is 63.6 Å². The normalized spacial score (nSPS) is 24.8. The molecule has 3 fully saturated rings. The number of alkyl halides is 1. The van der Waals surface area contributed by atoms with E-state index in [-0.39, 0.29) is 73.3 Å². The summed E-state index contributed by atoms with van der Waals surface area (Å²) in [6.07, 6.45) is 2.06. The minimum atomic E-state index is -0.931. The van der Waals surface area contributed by atoms with Gasteiger partial charge in [0.1, 0.15) is 47.6 Å². The summed E-state index contributed by atoms with van der Waals surface area (Å²) in [5, 5.41) is 10.5. The summed E-state index contributed by atoms with van der Waals surface area (Å²) < 4.78 is 59.2.